The number of carbonyl (C=O) groups is 1. The fourth-order valence-electron chi connectivity index (χ4n) is 0.566. The molecule has 0 bridgehead atoms. The molecule has 0 unspecified atom stereocenters. The second kappa shape index (κ2) is 1.95. The van der Waals surface area contributed by atoms with Crippen LogP contribution in [0.5, 0.6) is 0 Å². The Morgan fingerprint density at radius 3 is 2.38 bits per heavy atom. The molecule has 0 atom stereocenters. The van der Waals surface area contributed by atoms with Crippen LogP contribution in [0.15, 0.2) is 0 Å². The van der Waals surface area contributed by atoms with Crippen LogP contribution in [-0.2, 0) is 4.79 Å². The maximum absolute atomic E-state index is 10.6. The lowest BCUT2D eigenvalue weighted by molar-refractivity contribution is -0.111. The zero-order chi connectivity index (χ0) is 6.20. The fourth-order valence-corrected chi connectivity index (χ4v) is 2.89. The predicted molar refractivity (Wildman–Crippen MR) is 38.9 cm³/mol. The molecule has 0 spiro atoms. The quantitative estimate of drug-likeness (QED) is 0.490. The smallest absolute Gasteiger partial charge is 0.200 e. The first-order valence-electron chi connectivity index (χ1n) is 2.49. The van der Waals surface area contributed by atoms with Gasteiger partial charge in [-0.3, -0.25) is 4.79 Å². The first kappa shape index (κ1) is 6.49. The average Bonchev–Trinajstić information content (AvgIpc) is 1.82. The van der Waals surface area contributed by atoms with Gasteiger partial charge >= 0.3 is 0 Å². The first-order valence-corrected chi connectivity index (χ1v) is 4.64. The van der Waals surface area contributed by atoms with E-state index in [0.717, 1.165) is 6.42 Å². The van der Waals surface area contributed by atoms with Crippen molar-refractivity contribution in [3.05, 3.63) is 0 Å². The van der Waals surface area contributed by atoms with E-state index in [9.17, 15) is 4.79 Å². The van der Waals surface area contributed by atoms with Crippen molar-refractivity contribution in [2.75, 3.05) is 0 Å². The van der Waals surface area contributed by atoms with Gasteiger partial charge in [0, 0.05) is 11.2 Å². The lowest BCUT2D eigenvalue weighted by atomic mass is 10.1. The molecule has 8 heavy (non-hydrogen) atoms. The molecule has 3 heteroatoms. The highest BCUT2D eigenvalue weighted by atomic mass is 33.1. The largest absolute Gasteiger partial charge is 0.286 e. The summed E-state index contributed by atoms with van der Waals surface area (Å²) < 4.78 is 0.196. The van der Waals surface area contributed by atoms with Crippen LogP contribution in [0, 0.1) is 0 Å². The van der Waals surface area contributed by atoms with Crippen LogP contribution < -0.4 is 0 Å². The number of hydrogen-bond acceptors (Lipinski definition) is 3. The number of rotatable bonds is 0. The van der Waals surface area contributed by atoms with Crippen LogP contribution >= 0.6 is 21.6 Å². The SMILES string of the molecule is CC1(C)CC(=O)SS1. The van der Waals surface area contributed by atoms with Crippen LogP contribution in [0.2, 0.25) is 0 Å². The monoisotopic (exact) mass is 148 g/mol. The molecule has 1 aliphatic heterocycles. The summed E-state index contributed by atoms with van der Waals surface area (Å²) in [6.07, 6.45) is 0.725. The van der Waals surface area contributed by atoms with Gasteiger partial charge in [-0.2, -0.15) is 0 Å². The predicted octanol–water partition coefficient (Wildman–Crippen LogP) is 2.08. The van der Waals surface area contributed by atoms with Crippen molar-refractivity contribution < 1.29 is 4.79 Å². The topological polar surface area (TPSA) is 17.1 Å². The molecule has 0 amide bonds. The summed E-state index contributed by atoms with van der Waals surface area (Å²) in [5, 5.41) is 0.319. The molecule has 46 valence electrons. The van der Waals surface area contributed by atoms with Crippen molar-refractivity contribution in [1.29, 1.82) is 0 Å². The minimum absolute atomic E-state index is 0.196. The normalized spacial score (nSPS) is 26.5. The molecule has 1 fully saturated rings. The van der Waals surface area contributed by atoms with E-state index in [-0.39, 0.29) is 4.75 Å². The van der Waals surface area contributed by atoms with Crippen LogP contribution in [0.3, 0.4) is 0 Å². The van der Waals surface area contributed by atoms with Crippen LogP contribution in [0.1, 0.15) is 20.3 Å². The van der Waals surface area contributed by atoms with Crippen molar-refractivity contribution in [1.82, 2.24) is 0 Å². The molecule has 0 radical (unpaired) electrons. The number of carbonyl (C=O) groups excluding carboxylic acids is 1. The molecule has 0 aromatic carbocycles. The molecule has 1 saturated heterocycles. The van der Waals surface area contributed by atoms with Gasteiger partial charge in [0.1, 0.15) is 0 Å². The molecule has 1 rings (SSSR count). The zero-order valence-electron chi connectivity index (χ0n) is 4.93. The van der Waals surface area contributed by atoms with Gasteiger partial charge in [-0.1, -0.05) is 10.8 Å². The summed E-state index contributed by atoms with van der Waals surface area (Å²) in [7, 11) is 3.06. The Kier molecular flexibility index (Phi) is 1.59. The summed E-state index contributed by atoms with van der Waals surface area (Å²) in [5.41, 5.74) is 0. The Morgan fingerprint density at radius 1 is 1.62 bits per heavy atom. The van der Waals surface area contributed by atoms with Crippen LogP contribution in [-0.4, -0.2) is 9.86 Å². The molecule has 0 aliphatic carbocycles. The lowest BCUT2D eigenvalue weighted by Gasteiger charge is -2.09. The summed E-state index contributed by atoms with van der Waals surface area (Å²) in [6.45, 7) is 4.19. The minimum atomic E-state index is 0.196. The summed E-state index contributed by atoms with van der Waals surface area (Å²) in [4.78, 5) is 10.6. The minimum Gasteiger partial charge on any atom is -0.286 e. The van der Waals surface area contributed by atoms with Crippen LogP contribution in [0.25, 0.3) is 0 Å². The number of hydrogen-bond donors (Lipinski definition) is 0. The van der Waals surface area contributed by atoms with Crippen molar-refractivity contribution in [3.63, 3.8) is 0 Å². The second-order valence-electron chi connectivity index (χ2n) is 2.48. The van der Waals surface area contributed by atoms with E-state index in [1.807, 2.05) is 0 Å². The third-order valence-electron chi connectivity index (χ3n) is 0.930. The lowest BCUT2D eigenvalue weighted by Crippen LogP contribution is -2.09. The first-order chi connectivity index (χ1) is 3.60. The van der Waals surface area contributed by atoms with E-state index >= 15 is 0 Å². The van der Waals surface area contributed by atoms with Gasteiger partial charge < -0.3 is 0 Å². The summed E-state index contributed by atoms with van der Waals surface area (Å²) >= 11 is 0. The molecule has 0 saturated carbocycles. The van der Waals surface area contributed by atoms with Gasteiger partial charge in [0.2, 0.25) is 5.12 Å². The zero-order valence-corrected chi connectivity index (χ0v) is 6.56. The van der Waals surface area contributed by atoms with E-state index in [1.165, 1.54) is 10.8 Å². The highest BCUT2D eigenvalue weighted by Crippen LogP contribution is 2.46. The molecule has 1 nitrogen and oxygen atoms in total. The molecular formula is C5H8OS2. The average molecular weight is 148 g/mol. The van der Waals surface area contributed by atoms with Gasteiger partial charge in [-0.15, -0.1) is 0 Å². The second-order valence-corrected chi connectivity index (χ2v) is 5.37. The molecule has 0 aromatic heterocycles. The van der Waals surface area contributed by atoms with Gasteiger partial charge in [0.05, 0.1) is 0 Å². The van der Waals surface area contributed by atoms with Crippen molar-refractivity contribution in [3.8, 4) is 0 Å². The highest BCUT2D eigenvalue weighted by Gasteiger charge is 2.30. The van der Waals surface area contributed by atoms with Gasteiger partial charge in [-0.05, 0) is 24.6 Å². The Hall–Kier alpha value is 0.370. The van der Waals surface area contributed by atoms with Gasteiger partial charge in [0.15, 0.2) is 0 Å². The summed E-state index contributed by atoms with van der Waals surface area (Å²) in [5.74, 6) is 0. The maximum atomic E-state index is 10.6. The molecule has 1 heterocycles. The van der Waals surface area contributed by atoms with Crippen molar-refractivity contribution in [2.45, 2.75) is 25.0 Å². The highest BCUT2D eigenvalue weighted by molar-refractivity contribution is 8.83. The standard InChI is InChI=1S/C5H8OS2/c1-5(2)3-4(6)7-8-5/h3H2,1-2H3. The molecule has 1 aliphatic rings. The maximum Gasteiger partial charge on any atom is 0.200 e. The molecule has 0 aromatic rings. The third kappa shape index (κ3) is 1.42. The Balaban J connectivity index is 2.56. The van der Waals surface area contributed by atoms with E-state index in [1.54, 1.807) is 10.8 Å². The fraction of sp³-hybridized carbons (Fsp3) is 0.800. The Morgan fingerprint density at radius 2 is 2.25 bits per heavy atom. The van der Waals surface area contributed by atoms with Crippen molar-refractivity contribution in [2.24, 2.45) is 0 Å². The van der Waals surface area contributed by atoms with Gasteiger partial charge in [0.25, 0.3) is 0 Å². The van der Waals surface area contributed by atoms with E-state index in [0.29, 0.717) is 5.12 Å². The Labute approximate surface area is 57.0 Å². The van der Waals surface area contributed by atoms with E-state index < -0.39 is 0 Å². The van der Waals surface area contributed by atoms with Crippen molar-refractivity contribution >= 4 is 26.7 Å². The van der Waals surface area contributed by atoms with E-state index in [4.69, 9.17) is 0 Å². The van der Waals surface area contributed by atoms with Gasteiger partial charge in [-0.25, -0.2) is 0 Å². The van der Waals surface area contributed by atoms with Crippen LogP contribution in [0.4, 0.5) is 0 Å². The molecular weight excluding hydrogens is 140 g/mol. The summed E-state index contributed by atoms with van der Waals surface area (Å²) in [6, 6.07) is 0. The third-order valence-corrected chi connectivity index (χ3v) is 4.10. The van der Waals surface area contributed by atoms with E-state index in [2.05, 4.69) is 13.8 Å². The molecule has 0 N–H and O–H groups in total. The Bertz CT molecular complexity index is 120.